The SMILES string of the molecule is O=C(O)c1ccc(OCCCCCCOc2ccc(/C=C/c3ccncc3)cc2)cc1. The Labute approximate surface area is 183 Å². The molecule has 1 N–H and O–H groups in total. The minimum Gasteiger partial charge on any atom is -0.494 e. The van der Waals surface area contributed by atoms with Gasteiger partial charge in [0, 0.05) is 12.4 Å². The molecular formula is C26H27NO4. The number of nitrogens with zero attached hydrogens (tertiary/aromatic N) is 1. The Morgan fingerprint density at radius 2 is 1.19 bits per heavy atom. The van der Waals surface area contributed by atoms with Gasteiger partial charge in [-0.3, -0.25) is 4.98 Å². The van der Waals surface area contributed by atoms with Crippen LogP contribution in [-0.4, -0.2) is 29.3 Å². The summed E-state index contributed by atoms with van der Waals surface area (Å²) in [5, 5.41) is 8.88. The monoisotopic (exact) mass is 417 g/mol. The van der Waals surface area contributed by atoms with Crippen LogP contribution < -0.4 is 9.47 Å². The molecule has 0 saturated carbocycles. The fourth-order valence-electron chi connectivity index (χ4n) is 2.97. The number of ether oxygens (including phenoxy) is 2. The fraction of sp³-hybridized carbons (Fsp3) is 0.231. The largest absolute Gasteiger partial charge is 0.494 e. The lowest BCUT2D eigenvalue weighted by molar-refractivity contribution is 0.0697. The highest BCUT2D eigenvalue weighted by molar-refractivity contribution is 5.87. The normalized spacial score (nSPS) is 10.8. The van der Waals surface area contributed by atoms with Gasteiger partial charge in [-0.25, -0.2) is 4.79 Å². The summed E-state index contributed by atoms with van der Waals surface area (Å²) in [4.78, 5) is 14.8. The van der Waals surface area contributed by atoms with E-state index in [9.17, 15) is 4.79 Å². The van der Waals surface area contributed by atoms with Crippen molar-refractivity contribution in [1.29, 1.82) is 0 Å². The van der Waals surface area contributed by atoms with Gasteiger partial charge in [-0.2, -0.15) is 0 Å². The van der Waals surface area contributed by atoms with Crippen LogP contribution in [0.25, 0.3) is 12.2 Å². The topological polar surface area (TPSA) is 68.7 Å². The molecule has 0 saturated heterocycles. The first-order valence-electron chi connectivity index (χ1n) is 10.5. The third-order valence-corrected chi connectivity index (χ3v) is 4.73. The highest BCUT2D eigenvalue weighted by Gasteiger charge is 2.02. The summed E-state index contributed by atoms with van der Waals surface area (Å²) in [6.45, 7) is 1.32. The van der Waals surface area contributed by atoms with E-state index < -0.39 is 5.97 Å². The molecule has 0 amide bonds. The number of hydrogen-bond donors (Lipinski definition) is 1. The second-order valence-corrected chi connectivity index (χ2v) is 7.12. The molecular weight excluding hydrogens is 390 g/mol. The van der Waals surface area contributed by atoms with Crippen LogP contribution in [-0.2, 0) is 0 Å². The predicted molar refractivity (Wildman–Crippen MR) is 122 cm³/mol. The molecule has 3 rings (SSSR count). The predicted octanol–water partition coefficient (Wildman–Crippen LogP) is 5.97. The number of unbranched alkanes of at least 4 members (excludes halogenated alkanes) is 3. The minimum atomic E-state index is -0.928. The molecule has 0 radical (unpaired) electrons. The Kier molecular flexibility index (Phi) is 8.68. The van der Waals surface area contributed by atoms with Crippen molar-refractivity contribution < 1.29 is 19.4 Å². The number of aromatic nitrogens is 1. The third kappa shape index (κ3) is 7.97. The van der Waals surface area contributed by atoms with E-state index in [4.69, 9.17) is 14.6 Å². The first-order valence-corrected chi connectivity index (χ1v) is 10.5. The number of rotatable bonds is 12. The molecule has 5 heteroatoms. The maximum absolute atomic E-state index is 10.8. The van der Waals surface area contributed by atoms with Crippen LogP contribution in [0.5, 0.6) is 11.5 Å². The van der Waals surface area contributed by atoms with E-state index in [1.54, 1.807) is 36.7 Å². The van der Waals surface area contributed by atoms with E-state index >= 15 is 0 Å². The lowest BCUT2D eigenvalue weighted by Gasteiger charge is -2.08. The Balaban J connectivity index is 1.25. The first kappa shape index (κ1) is 22.1. The number of carbonyl (C=O) groups is 1. The van der Waals surface area contributed by atoms with E-state index in [-0.39, 0.29) is 5.56 Å². The van der Waals surface area contributed by atoms with E-state index in [1.807, 2.05) is 36.4 Å². The first-order chi connectivity index (χ1) is 15.2. The molecule has 0 aliphatic rings. The highest BCUT2D eigenvalue weighted by Crippen LogP contribution is 2.16. The molecule has 0 bridgehead atoms. The summed E-state index contributed by atoms with van der Waals surface area (Å²) in [6.07, 6.45) is 11.8. The summed E-state index contributed by atoms with van der Waals surface area (Å²) in [7, 11) is 0. The van der Waals surface area contributed by atoms with Gasteiger partial charge in [0.05, 0.1) is 18.8 Å². The van der Waals surface area contributed by atoms with Crippen LogP contribution >= 0.6 is 0 Å². The molecule has 160 valence electrons. The number of benzene rings is 2. The van der Waals surface area contributed by atoms with Gasteiger partial charge in [0.15, 0.2) is 0 Å². The molecule has 31 heavy (non-hydrogen) atoms. The quantitative estimate of drug-likeness (QED) is 0.368. The lowest BCUT2D eigenvalue weighted by Crippen LogP contribution is -2.00. The fourth-order valence-corrected chi connectivity index (χ4v) is 2.97. The van der Waals surface area contributed by atoms with Gasteiger partial charge in [0.25, 0.3) is 0 Å². The Bertz CT molecular complexity index is 951. The van der Waals surface area contributed by atoms with Gasteiger partial charge in [-0.15, -0.1) is 0 Å². The van der Waals surface area contributed by atoms with E-state index in [0.717, 1.165) is 42.6 Å². The molecule has 0 unspecified atom stereocenters. The molecule has 0 aliphatic carbocycles. The van der Waals surface area contributed by atoms with Crippen LogP contribution in [0.1, 0.15) is 47.2 Å². The zero-order valence-electron chi connectivity index (χ0n) is 17.4. The second kappa shape index (κ2) is 12.2. The van der Waals surface area contributed by atoms with E-state index in [1.165, 1.54) is 0 Å². The number of pyridine rings is 1. The summed E-state index contributed by atoms with van der Waals surface area (Å²) >= 11 is 0. The lowest BCUT2D eigenvalue weighted by atomic mass is 10.1. The number of aromatic carboxylic acids is 1. The van der Waals surface area contributed by atoms with Crippen molar-refractivity contribution in [2.75, 3.05) is 13.2 Å². The molecule has 0 aliphatic heterocycles. The smallest absolute Gasteiger partial charge is 0.335 e. The summed E-state index contributed by atoms with van der Waals surface area (Å²) < 4.78 is 11.5. The molecule has 0 atom stereocenters. The average Bonchev–Trinajstić information content (AvgIpc) is 2.81. The van der Waals surface area contributed by atoms with Gasteiger partial charge >= 0.3 is 5.97 Å². The Morgan fingerprint density at radius 1 is 0.710 bits per heavy atom. The summed E-state index contributed by atoms with van der Waals surface area (Å²) in [5.41, 5.74) is 2.52. The highest BCUT2D eigenvalue weighted by atomic mass is 16.5. The molecule has 0 spiro atoms. The maximum atomic E-state index is 10.8. The molecule has 5 nitrogen and oxygen atoms in total. The minimum absolute atomic E-state index is 0.267. The molecule has 3 aromatic rings. The molecule has 2 aromatic carbocycles. The zero-order chi connectivity index (χ0) is 21.7. The summed E-state index contributed by atoms with van der Waals surface area (Å²) in [5.74, 6) is 0.657. The Morgan fingerprint density at radius 3 is 1.71 bits per heavy atom. The van der Waals surface area contributed by atoms with Gasteiger partial charge in [0.1, 0.15) is 11.5 Å². The van der Waals surface area contributed by atoms with Crippen LogP contribution in [0.3, 0.4) is 0 Å². The van der Waals surface area contributed by atoms with Crippen molar-refractivity contribution in [3.63, 3.8) is 0 Å². The average molecular weight is 418 g/mol. The van der Waals surface area contributed by atoms with Gasteiger partial charge in [-0.05, 0) is 85.3 Å². The van der Waals surface area contributed by atoms with E-state index in [0.29, 0.717) is 19.0 Å². The third-order valence-electron chi connectivity index (χ3n) is 4.73. The van der Waals surface area contributed by atoms with Crippen molar-refractivity contribution in [3.05, 3.63) is 89.7 Å². The van der Waals surface area contributed by atoms with Crippen molar-refractivity contribution in [2.24, 2.45) is 0 Å². The van der Waals surface area contributed by atoms with Crippen molar-refractivity contribution in [2.45, 2.75) is 25.7 Å². The maximum Gasteiger partial charge on any atom is 0.335 e. The van der Waals surface area contributed by atoms with E-state index in [2.05, 4.69) is 17.1 Å². The van der Waals surface area contributed by atoms with Crippen LogP contribution in [0.2, 0.25) is 0 Å². The van der Waals surface area contributed by atoms with Crippen molar-refractivity contribution in [1.82, 2.24) is 4.98 Å². The van der Waals surface area contributed by atoms with Crippen LogP contribution in [0.15, 0.2) is 73.1 Å². The van der Waals surface area contributed by atoms with Crippen molar-refractivity contribution in [3.8, 4) is 11.5 Å². The van der Waals surface area contributed by atoms with Gasteiger partial charge < -0.3 is 14.6 Å². The van der Waals surface area contributed by atoms with Crippen LogP contribution in [0.4, 0.5) is 0 Å². The number of hydrogen-bond acceptors (Lipinski definition) is 4. The number of carboxylic acid groups (broad SMARTS) is 1. The van der Waals surface area contributed by atoms with Crippen molar-refractivity contribution >= 4 is 18.1 Å². The van der Waals surface area contributed by atoms with Gasteiger partial charge in [-0.1, -0.05) is 24.3 Å². The van der Waals surface area contributed by atoms with Gasteiger partial charge in [0.2, 0.25) is 0 Å². The second-order valence-electron chi connectivity index (χ2n) is 7.12. The standard InChI is InChI=1S/C26H27NO4/c28-26(29)23-9-13-25(14-10-23)31-20-4-2-1-3-19-30-24-11-7-21(8-12-24)5-6-22-15-17-27-18-16-22/h5-18H,1-4,19-20H2,(H,28,29)/b6-5+. The Hall–Kier alpha value is -3.60. The molecule has 1 aromatic heterocycles. The molecule has 1 heterocycles. The van der Waals surface area contributed by atoms with Crippen LogP contribution in [0, 0.1) is 0 Å². The zero-order valence-corrected chi connectivity index (χ0v) is 17.4. The molecule has 0 fully saturated rings. The summed E-state index contributed by atoms with van der Waals surface area (Å²) in [6, 6.07) is 18.5. The number of carboxylic acids is 1.